The van der Waals surface area contributed by atoms with Crippen molar-refractivity contribution in [1.29, 1.82) is 0 Å². The van der Waals surface area contributed by atoms with Gasteiger partial charge in [0, 0.05) is 13.2 Å². The molecule has 4 aliphatic heterocycles. The molecule has 224 valence electrons. The Bertz CT molecular complexity index is 1670. The molecule has 43 heavy (non-hydrogen) atoms. The van der Waals surface area contributed by atoms with Crippen LogP contribution in [0.15, 0.2) is 66.2 Å². The lowest BCUT2D eigenvalue weighted by Crippen LogP contribution is -2.21. The van der Waals surface area contributed by atoms with Gasteiger partial charge in [0.05, 0.1) is 36.7 Å². The van der Waals surface area contributed by atoms with Gasteiger partial charge in [0.2, 0.25) is 0 Å². The average molecular weight is 599 g/mol. The van der Waals surface area contributed by atoms with Crippen LogP contribution in [0.1, 0.15) is 30.9 Å². The normalized spacial score (nSPS) is 16.4. The second kappa shape index (κ2) is 11.8. The van der Waals surface area contributed by atoms with Gasteiger partial charge in [-0.2, -0.15) is 18.3 Å². The van der Waals surface area contributed by atoms with Crippen LogP contribution in [0.4, 0.5) is 22.0 Å². The number of halogens is 5. The lowest BCUT2D eigenvalue weighted by atomic mass is 9.93. The number of fused-ring (bicyclic) bond motifs is 1. The second-order valence-electron chi connectivity index (χ2n) is 10.6. The molecule has 2 aromatic rings. The minimum Gasteiger partial charge on any atom is -0.493 e. The number of ether oxygens (including phenoxy) is 3. The van der Waals surface area contributed by atoms with Crippen LogP contribution >= 0.6 is 0 Å². The van der Waals surface area contributed by atoms with Crippen molar-refractivity contribution in [3.05, 3.63) is 89.0 Å². The average Bonchev–Trinajstić information content (AvgIpc) is 3.42. The van der Waals surface area contributed by atoms with E-state index < -0.39 is 23.4 Å². The molecule has 1 saturated heterocycles. The van der Waals surface area contributed by atoms with Crippen LogP contribution in [0.5, 0.6) is 5.75 Å². The molecule has 0 radical (unpaired) electrons. The molecule has 2 aromatic carbocycles. The van der Waals surface area contributed by atoms with Gasteiger partial charge in [0.15, 0.2) is 17.5 Å². The summed E-state index contributed by atoms with van der Waals surface area (Å²) in [6, 6.07) is 7.80. The predicted octanol–water partition coefficient (Wildman–Crippen LogP) is 6.94. The van der Waals surface area contributed by atoms with Gasteiger partial charge in [-0.05, 0) is 72.7 Å². The zero-order valence-corrected chi connectivity index (χ0v) is 23.1. The molecule has 0 spiro atoms. The van der Waals surface area contributed by atoms with Crippen molar-refractivity contribution >= 4 is 5.57 Å². The Kier molecular flexibility index (Phi) is 7.87. The number of alkyl halides is 3. The molecule has 0 N–H and O–H groups in total. The maximum absolute atomic E-state index is 14.3. The number of hydrogen-bond acceptors (Lipinski definition) is 6. The third-order valence-corrected chi connectivity index (χ3v) is 7.48. The van der Waals surface area contributed by atoms with Crippen LogP contribution in [0.2, 0.25) is 0 Å². The summed E-state index contributed by atoms with van der Waals surface area (Å²) in [5.41, 5.74) is 0.963. The number of hydrogen-bond donors (Lipinski definition) is 0. The van der Waals surface area contributed by atoms with Crippen LogP contribution in [0.3, 0.4) is 0 Å². The van der Waals surface area contributed by atoms with Gasteiger partial charge in [-0.1, -0.05) is 12.1 Å². The van der Waals surface area contributed by atoms with E-state index in [4.69, 9.17) is 14.2 Å². The van der Waals surface area contributed by atoms with E-state index in [2.05, 4.69) is 15.1 Å². The summed E-state index contributed by atoms with van der Waals surface area (Å²) in [5, 5.41) is 4.30. The van der Waals surface area contributed by atoms with Crippen molar-refractivity contribution in [1.82, 2.24) is 19.7 Å². The molecular formula is C31H27F5N4O3. The highest BCUT2D eigenvalue weighted by atomic mass is 19.4. The lowest BCUT2D eigenvalue weighted by Gasteiger charge is -2.24. The fourth-order valence-electron chi connectivity index (χ4n) is 5.12. The molecule has 7 nitrogen and oxygen atoms in total. The van der Waals surface area contributed by atoms with Crippen molar-refractivity contribution in [2.24, 2.45) is 5.92 Å². The Morgan fingerprint density at radius 1 is 1.02 bits per heavy atom. The van der Waals surface area contributed by atoms with Gasteiger partial charge in [0.1, 0.15) is 29.5 Å². The summed E-state index contributed by atoms with van der Waals surface area (Å²) in [6.07, 6.45) is 1.58. The van der Waals surface area contributed by atoms with E-state index in [1.807, 2.05) is 0 Å². The molecule has 12 heteroatoms. The smallest absolute Gasteiger partial charge is 0.417 e. The molecule has 4 heterocycles. The highest BCUT2D eigenvalue weighted by Crippen LogP contribution is 2.40. The van der Waals surface area contributed by atoms with Gasteiger partial charge >= 0.3 is 6.18 Å². The fourth-order valence-corrected chi connectivity index (χ4v) is 5.12. The number of benzene rings is 2. The number of aromatic nitrogens is 4. The Morgan fingerprint density at radius 2 is 1.81 bits per heavy atom. The molecule has 0 amide bonds. The molecule has 0 aromatic heterocycles. The topological polar surface area (TPSA) is 71.3 Å². The molecule has 0 saturated carbocycles. The first-order valence-corrected chi connectivity index (χ1v) is 13.8. The van der Waals surface area contributed by atoms with Crippen LogP contribution in [0, 0.1) is 17.6 Å². The molecular weight excluding hydrogens is 571 g/mol. The van der Waals surface area contributed by atoms with Gasteiger partial charge in [-0.25, -0.2) is 18.7 Å². The maximum Gasteiger partial charge on any atom is 0.417 e. The first kappa shape index (κ1) is 28.8. The maximum atomic E-state index is 14.3. The van der Waals surface area contributed by atoms with Crippen molar-refractivity contribution in [2.75, 3.05) is 26.4 Å². The first-order valence-electron chi connectivity index (χ1n) is 13.8. The number of nitrogens with zero attached hydrogens (tertiary/aromatic N) is 4. The first-order chi connectivity index (χ1) is 20.7. The standard InChI is InChI=1S/C31H27F5N4O3/c1-18-16-42-21(14-40-15-28-27(13-37-40)38-30(39-28)23-3-2-4-26(32)29(23)33)11-24(18)22-6-5-20(12-25(22)31(34,35)36)43-17-19-7-9-41-10-8-19/h2-6,11-13,15,19H,7-10,14,16-17H2,1H3. The van der Waals surface area contributed by atoms with Crippen molar-refractivity contribution in [3.63, 3.8) is 0 Å². The van der Waals surface area contributed by atoms with E-state index >= 15 is 0 Å². The van der Waals surface area contributed by atoms with Crippen molar-refractivity contribution < 1.29 is 36.2 Å². The van der Waals surface area contributed by atoms with E-state index in [1.165, 1.54) is 29.1 Å². The van der Waals surface area contributed by atoms with Crippen molar-refractivity contribution in [2.45, 2.75) is 32.5 Å². The van der Waals surface area contributed by atoms with E-state index in [9.17, 15) is 22.0 Å². The zero-order valence-electron chi connectivity index (χ0n) is 23.1. The Labute approximate surface area is 244 Å². The van der Waals surface area contributed by atoms with E-state index in [1.54, 1.807) is 25.3 Å². The number of imidazole rings is 1. The molecule has 1 fully saturated rings. The Balaban J connectivity index is 1.24. The van der Waals surface area contributed by atoms with Gasteiger partial charge in [-0.3, -0.25) is 4.68 Å². The quantitative estimate of drug-likeness (QED) is 0.215. The molecule has 0 unspecified atom stereocenters. The summed E-state index contributed by atoms with van der Waals surface area (Å²) in [5.74, 6) is -1.25. The second-order valence-corrected chi connectivity index (χ2v) is 10.6. The van der Waals surface area contributed by atoms with Crippen LogP contribution in [-0.4, -0.2) is 46.2 Å². The predicted molar refractivity (Wildman–Crippen MR) is 147 cm³/mol. The van der Waals surface area contributed by atoms with Gasteiger partial charge in [-0.15, -0.1) is 0 Å². The fraction of sp³-hybridized carbons (Fsp3) is 0.323. The lowest BCUT2D eigenvalue weighted by molar-refractivity contribution is -0.137. The van der Waals surface area contributed by atoms with E-state index in [0.717, 1.165) is 25.0 Å². The van der Waals surface area contributed by atoms with Gasteiger partial charge < -0.3 is 14.2 Å². The van der Waals surface area contributed by atoms with E-state index in [-0.39, 0.29) is 41.8 Å². The summed E-state index contributed by atoms with van der Waals surface area (Å²) in [7, 11) is 0. The molecule has 6 rings (SSSR count). The largest absolute Gasteiger partial charge is 0.493 e. The van der Waals surface area contributed by atoms with Gasteiger partial charge in [0.25, 0.3) is 0 Å². The number of rotatable bonds is 7. The zero-order chi connectivity index (χ0) is 30.1. The molecule has 0 aliphatic carbocycles. The van der Waals surface area contributed by atoms with E-state index in [0.29, 0.717) is 48.1 Å². The van der Waals surface area contributed by atoms with Crippen LogP contribution in [0.25, 0.3) is 28.3 Å². The monoisotopic (exact) mass is 598 g/mol. The Hall–Kier alpha value is -4.32. The van der Waals surface area contributed by atoms with Crippen molar-refractivity contribution in [3.8, 4) is 28.5 Å². The summed E-state index contributed by atoms with van der Waals surface area (Å²) >= 11 is 0. The minimum atomic E-state index is -4.61. The summed E-state index contributed by atoms with van der Waals surface area (Å²) in [4.78, 5) is 8.56. The minimum absolute atomic E-state index is 0.0143. The molecule has 0 atom stereocenters. The SMILES string of the molecule is CC1=C(c2ccc(OCC3CCOCC3)cc2C(F)(F)F)C=C(Cn2cc3nc(-c4cccc(F)c4F)nc-3cn2)OC1. The third kappa shape index (κ3) is 6.24. The van der Waals surface area contributed by atoms with Crippen LogP contribution in [-0.2, 0) is 22.2 Å². The highest BCUT2D eigenvalue weighted by molar-refractivity contribution is 5.80. The molecule has 4 aliphatic rings. The number of allylic oxidation sites excluding steroid dienone is 3. The Morgan fingerprint density at radius 3 is 2.60 bits per heavy atom. The molecule has 0 bridgehead atoms. The third-order valence-electron chi connectivity index (χ3n) is 7.48. The van der Waals surface area contributed by atoms with Crippen LogP contribution < -0.4 is 4.74 Å². The highest BCUT2D eigenvalue weighted by Gasteiger charge is 2.35. The summed E-state index contributed by atoms with van der Waals surface area (Å²) < 4.78 is 89.1. The summed E-state index contributed by atoms with van der Waals surface area (Å²) in [6.45, 7) is 3.51.